The number of nitrogens with two attached hydrogens (primary N) is 1. The Morgan fingerprint density at radius 1 is 1.32 bits per heavy atom. The highest BCUT2D eigenvalue weighted by Crippen LogP contribution is 2.18. The minimum atomic E-state index is -0.529. The van der Waals surface area contributed by atoms with Crippen molar-refractivity contribution >= 4 is 17.6 Å². The lowest BCUT2D eigenvalue weighted by atomic mass is 10.0. The van der Waals surface area contributed by atoms with Crippen LogP contribution in [0.4, 0.5) is 10.5 Å². The van der Waals surface area contributed by atoms with E-state index in [9.17, 15) is 9.59 Å². The predicted octanol–water partition coefficient (Wildman–Crippen LogP) is 1.30. The summed E-state index contributed by atoms with van der Waals surface area (Å²) in [5, 5.41) is 7.97. The zero-order valence-corrected chi connectivity index (χ0v) is 14.3. The molecule has 0 fully saturated rings. The minimum absolute atomic E-state index is 0.0470. The Morgan fingerprint density at radius 3 is 2.60 bits per heavy atom. The zero-order chi connectivity index (χ0) is 18.7. The molecule has 1 aromatic carbocycles. The first-order chi connectivity index (χ1) is 12.0. The first-order valence-electron chi connectivity index (χ1n) is 7.86. The van der Waals surface area contributed by atoms with Crippen LogP contribution >= 0.6 is 0 Å². The summed E-state index contributed by atoms with van der Waals surface area (Å²) >= 11 is 0. The van der Waals surface area contributed by atoms with Crippen molar-refractivity contribution in [3.05, 3.63) is 42.2 Å². The minimum Gasteiger partial charge on any atom is -0.497 e. The molecule has 1 aromatic rings. The molecule has 1 atom stereocenters. The second-order valence-electron chi connectivity index (χ2n) is 5.20. The second-order valence-corrected chi connectivity index (χ2v) is 5.20. The topological polar surface area (TPSA) is 105 Å². The summed E-state index contributed by atoms with van der Waals surface area (Å²) in [5.74, 6) is 2.52. The fraction of sp³-hybridized carbons (Fsp3) is 0.333. The summed E-state index contributed by atoms with van der Waals surface area (Å²) < 4.78 is 5.17. The zero-order valence-electron chi connectivity index (χ0n) is 14.3. The lowest BCUT2D eigenvalue weighted by Gasteiger charge is -2.19. The highest BCUT2D eigenvalue weighted by molar-refractivity contribution is 5.79. The Kier molecular flexibility index (Phi) is 8.44. The van der Waals surface area contributed by atoms with E-state index in [-0.39, 0.29) is 25.4 Å². The number of hydrogen-bond donors (Lipinski definition) is 4. The van der Waals surface area contributed by atoms with Gasteiger partial charge in [0.25, 0.3) is 0 Å². The molecule has 1 unspecified atom stereocenters. The van der Waals surface area contributed by atoms with Gasteiger partial charge in [-0.2, -0.15) is 0 Å². The van der Waals surface area contributed by atoms with Crippen molar-refractivity contribution in [1.82, 2.24) is 16.0 Å². The van der Waals surface area contributed by atoms with E-state index in [0.29, 0.717) is 18.1 Å². The van der Waals surface area contributed by atoms with Gasteiger partial charge in [0.1, 0.15) is 5.76 Å². The number of carbonyl (C=O) groups excluding carboxylic acids is 2. The van der Waals surface area contributed by atoms with Gasteiger partial charge in [0.2, 0.25) is 5.91 Å². The van der Waals surface area contributed by atoms with Crippen LogP contribution in [0.3, 0.4) is 0 Å². The molecule has 0 aliphatic rings. The number of terminal acetylenes is 1. The van der Waals surface area contributed by atoms with Crippen molar-refractivity contribution in [2.75, 3.05) is 25.4 Å². The van der Waals surface area contributed by atoms with Crippen LogP contribution in [0.1, 0.15) is 24.9 Å². The average molecular weight is 344 g/mol. The highest BCUT2D eigenvalue weighted by atomic mass is 16.5. The van der Waals surface area contributed by atoms with Crippen LogP contribution in [-0.4, -0.2) is 31.6 Å². The van der Waals surface area contributed by atoms with Gasteiger partial charge in [0, 0.05) is 5.69 Å². The standard InChI is InChI=1S/C18H24N4O3/c1-4-10-20-17(23)11-16(14-6-8-15(19)9-7-14)22-18(24)21-12-13(3)25-5-2/h1,6-9,16H,3,5,10-12,19H2,2H3,(H,20,23)(H2,21,22,24). The van der Waals surface area contributed by atoms with E-state index in [4.69, 9.17) is 16.9 Å². The van der Waals surface area contributed by atoms with Crippen molar-refractivity contribution in [2.45, 2.75) is 19.4 Å². The summed E-state index contributed by atoms with van der Waals surface area (Å²) in [5.41, 5.74) is 7.03. The normalized spacial score (nSPS) is 10.9. The molecule has 0 aliphatic heterocycles. The van der Waals surface area contributed by atoms with E-state index in [1.54, 1.807) is 24.3 Å². The summed E-state index contributed by atoms with van der Waals surface area (Å²) in [6.07, 6.45) is 5.18. The van der Waals surface area contributed by atoms with Crippen LogP contribution in [0.5, 0.6) is 0 Å². The Balaban J connectivity index is 2.72. The van der Waals surface area contributed by atoms with Gasteiger partial charge in [-0.1, -0.05) is 24.6 Å². The maximum absolute atomic E-state index is 12.1. The Bertz CT molecular complexity index is 635. The maximum Gasteiger partial charge on any atom is 0.315 e. The van der Waals surface area contributed by atoms with Crippen molar-refractivity contribution in [1.29, 1.82) is 0 Å². The molecule has 0 bridgehead atoms. The van der Waals surface area contributed by atoms with Gasteiger partial charge in [-0.3, -0.25) is 4.79 Å². The fourth-order valence-corrected chi connectivity index (χ4v) is 2.03. The molecular formula is C18H24N4O3. The lowest BCUT2D eigenvalue weighted by molar-refractivity contribution is -0.121. The van der Waals surface area contributed by atoms with Crippen molar-refractivity contribution in [2.24, 2.45) is 0 Å². The van der Waals surface area contributed by atoms with Crippen LogP contribution < -0.4 is 21.7 Å². The number of anilines is 1. The molecule has 3 amide bonds. The van der Waals surface area contributed by atoms with Gasteiger partial charge in [0.05, 0.1) is 32.2 Å². The van der Waals surface area contributed by atoms with Crippen LogP contribution in [0.25, 0.3) is 0 Å². The van der Waals surface area contributed by atoms with Crippen molar-refractivity contribution in [3.8, 4) is 12.3 Å². The quantitative estimate of drug-likeness (QED) is 0.308. The molecule has 7 heteroatoms. The predicted molar refractivity (Wildman–Crippen MR) is 97.4 cm³/mol. The Morgan fingerprint density at radius 2 is 2.00 bits per heavy atom. The lowest BCUT2D eigenvalue weighted by Crippen LogP contribution is -2.40. The number of nitrogen functional groups attached to an aromatic ring is 1. The SMILES string of the molecule is C#CCNC(=O)CC(NC(=O)NCC(=C)OCC)c1ccc(N)cc1. The monoisotopic (exact) mass is 344 g/mol. The number of amides is 3. The van der Waals surface area contributed by atoms with Gasteiger partial charge in [-0.25, -0.2) is 4.79 Å². The first kappa shape index (κ1) is 19.9. The molecule has 25 heavy (non-hydrogen) atoms. The van der Waals surface area contributed by atoms with Crippen molar-refractivity contribution in [3.63, 3.8) is 0 Å². The second kappa shape index (κ2) is 10.6. The van der Waals surface area contributed by atoms with Gasteiger partial charge < -0.3 is 26.4 Å². The molecule has 0 aliphatic carbocycles. The Hall–Kier alpha value is -3.14. The first-order valence-corrected chi connectivity index (χ1v) is 7.86. The third-order valence-corrected chi connectivity index (χ3v) is 3.22. The van der Waals surface area contributed by atoms with Crippen LogP contribution in [0.2, 0.25) is 0 Å². The summed E-state index contributed by atoms with van der Waals surface area (Å²) in [7, 11) is 0. The van der Waals surface area contributed by atoms with E-state index in [1.165, 1.54) is 0 Å². The van der Waals surface area contributed by atoms with Crippen LogP contribution in [0.15, 0.2) is 36.6 Å². The molecule has 5 N–H and O–H groups in total. The number of urea groups is 1. The molecule has 0 radical (unpaired) electrons. The van der Waals surface area contributed by atoms with Crippen LogP contribution in [-0.2, 0) is 9.53 Å². The van der Waals surface area contributed by atoms with E-state index in [1.807, 2.05) is 6.92 Å². The molecule has 7 nitrogen and oxygen atoms in total. The number of nitrogens with one attached hydrogen (secondary N) is 3. The summed E-state index contributed by atoms with van der Waals surface area (Å²) in [6.45, 7) is 6.30. The third kappa shape index (κ3) is 7.79. The molecule has 0 saturated heterocycles. The highest BCUT2D eigenvalue weighted by Gasteiger charge is 2.18. The average Bonchev–Trinajstić information content (AvgIpc) is 2.58. The van der Waals surface area contributed by atoms with E-state index in [0.717, 1.165) is 5.56 Å². The van der Waals surface area contributed by atoms with E-state index in [2.05, 4.69) is 28.4 Å². The fourth-order valence-electron chi connectivity index (χ4n) is 2.03. The number of rotatable bonds is 9. The van der Waals surface area contributed by atoms with Crippen molar-refractivity contribution < 1.29 is 14.3 Å². The van der Waals surface area contributed by atoms with Gasteiger partial charge in [0.15, 0.2) is 0 Å². The van der Waals surface area contributed by atoms with E-state index >= 15 is 0 Å². The smallest absolute Gasteiger partial charge is 0.315 e. The Labute approximate surface area is 148 Å². The molecule has 1 rings (SSSR count). The van der Waals surface area contributed by atoms with Crippen LogP contribution in [0, 0.1) is 12.3 Å². The molecule has 0 saturated carbocycles. The summed E-state index contributed by atoms with van der Waals surface area (Å²) in [4.78, 5) is 24.0. The van der Waals surface area contributed by atoms with Gasteiger partial charge >= 0.3 is 6.03 Å². The summed E-state index contributed by atoms with van der Waals surface area (Å²) in [6, 6.07) is 5.96. The third-order valence-electron chi connectivity index (χ3n) is 3.22. The molecule has 0 heterocycles. The van der Waals surface area contributed by atoms with Gasteiger partial charge in [-0.15, -0.1) is 6.42 Å². The van der Waals surface area contributed by atoms with Gasteiger partial charge in [-0.05, 0) is 24.6 Å². The number of benzene rings is 1. The number of hydrogen-bond acceptors (Lipinski definition) is 4. The largest absolute Gasteiger partial charge is 0.497 e. The number of ether oxygens (including phenoxy) is 1. The molecule has 0 spiro atoms. The number of carbonyl (C=O) groups is 2. The molecular weight excluding hydrogens is 320 g/mol. The maximum atomic E-state index is 12.1. The van der Waals surface area contributed by atoms with E-state index < -0.39 is 12.1 Å². The molecule has 0 aromatic heterocycles. The molecule has 134 valence electrons.